The van der Waals surface area contributed by atoms with Gasteiger partial charge in [-0.25, -0.2) is 9.78 Å². The zero-order valence-corrected chi connectivity index (χ0v) is 11.9. The monoisotopic (exact) mass is 299 g/mol. The van der Waals surface area contributed by atoms with Gasteiger partial charge < -0.3 is 10.4 Å². The quantitative estimate of drug-likeness (QED) is 0.757. The highest BCUT2D eigenvalue weighted by Gasteiger charge is 2.08. The maximum atomic E-state index is 10.8. The molecule has 1 aromatic carbocycles. The summed E-state index contributed by atoms with van der Waals surface area (Å²) < 4.78 is 0. The molecule has 6 heteroatoms. The molecule has 2 aromatic heterocycles. The van der Waals surface area contributed by atoms with Crippen molar-refractivity contribution < 1.29 is 9.90 Å². The molecule has 0 spiro atoms. The number of carbonyl (C=O) groups is 1. The average Bonchev–Trinajstić information content (AvgIpc) is 2.97. The highest BCUT2D eigenvalue weighted by atomic mass is 32.1. The van der Waals surface area contributed by atoms with Gasteiger partial charge in [0.2, 0.25) is 0 Å². The number of para-hydroxylation sites is 1. The number of aromatic nitrogens is 2. The van der Waals surface area contributed by atoms with Crippen LogP contribution in [0.2, 0.25) is 0 Å². The number of hydrogen-bond acceptors (Lipinski definition) is 5. The highest BCUT2D eigenvalue weighted by molar-refractivity contribution is 7.17. The molecule has 21 heavy (non-hydrogen) atoms. The predicted octanol–water partition coefficient (Wildman–Crippen LogP) is 3.04. The van der Waals surface area contributed by atoms with E-state index in [4.69, 9.17) is 5.11 Å². The Morgan fingerprint density at radius 2 is 2.10 bits per heavy atom. The zero-order chi connectivity index (χ0) is 14.7. The van der Waals surface area contributed by atoms with E-state index in [9.17, 15) is 4.79 Å². The third-order valence-corrected chi connectivity index (χ3v) is 4.05. The number of thiazole rings is 1. The summed E-state index contributed by atoms with van der Waals surface area (Å²) in [6.07, 6.45) is 3.96. The molecule has 0 atom stereocenters. The lowest BCUT2D eigenvalue weighted by Gasteiger charge is -2.06. The van der Waals surface area contributed by atoms with Gasteiger partial charge in [0.15, 0.2) is 5.13 Å². The smallest absolute Gasteiger partial charge is 0.347 e. The number of aromatic carboxylic acids is 1. The van der Waals surface area contributed by atoms with E-state index < -0.39 is 5.97 Å². The molecule has 0 unspecified atom stereocenters. The molecule has 0 saturated heterocycles. The summed E-state index contributed by atoms with van der Waals surface area (Å²) in [5.41, 5.74) is 2.17. The number of pyridine rings is 1. The van der Waals surface area contributed by atoms with Crippen molar-refractivity contribution in [1.82, 2.24) is 9.97 Å². The second-order valence-corrected chi connectivity index (χ2v) is 5.53. The lowest BCUT2D eigenvalue weighted by Crippen LogP contribution is -2.05. The summed E-state index contributed by atoms with van der Waals surface area (Å²) in [5, 5.41) is 13.8. The molecule has 0 fully saturated rings. The Morgan fingerprint density at radius 1 is 1.24 bits per heavy atom. The third kappa shape index (κ3) is 3.00. The summed E-state index contributed by atoms with van der Waals surface area (Å²) in [7, 11) is 0. The molecule has 2 heterocycles. The van der Waals surface area contributed by atoms with Crippen molar-refractivity contribution in [3.05, 3.63) is 53.2 Å². The van der Waals surface area contributed by atoms with Crippen molar-refractivity contribution in [3.63, 3.8) is 0 Å². The lowest BCUT2D eigenvalue weighted by molar-refractivity contribution is 0.0702. The second-order valence-electron chi connectivity index (χ2n) is 4.50. The van der Waals surface area contributed by atoms with Crippen LogP contribution in [0.5, 0.6) is 0 Å². The number of anilines is 1. The van der Waals surface area contributed by atoms with Crippen molar-refractivity contribution in [1.29, 1.82) is 0 Å². The summed E-state index contributed by atoms with van der Waals surface area (Å²) in [4.78, 5) is 19.5. The van der Waals surface area contributed by atoms with Gasteiger partial charge >= 0.3 is 5.97 Å². The molecular weight excluding hydrogens is 286 g/mol. The van der Waals surface area contributed by atoms with Gasteiger partial charge in [-0.05, 0) is 18.1 Å². The first-order valence-corrected chi connectivity index (χ1v) is 7.31. The fourth-order valence-electron chi connectivity index (χ4n) is 2.13. The number of carboxylic acids is 1. The lowest BCUT2D eigenvalue weighted by atomic mass is 10.1. The first-order chi connectivity index (χ1) is 10.2. The van der Waals surface area contributed by atoms with Crippen LogP contribution in [0, 0.1) is 0 Å². The van der Waals surface area contributed by atoms with Crippen molar-refractivity contribution in [2.24, 2.45) is 0 Å². The molecule has 2 N–H and O–H groups in total. The van der Waals surface area contributed by atoms with Crippen LogP contribution in [0.15, 0.2) is 42.7 Å². The van der Waals surface area contributed by atoms with Crippen LogP contribution in [0.25, 0.3) is 10.9 Å². The summed E-state index contributed by atoms with van der Waals surface area (Å²) in [6.45, 7) is 0.683. The second kappa shape index (κ2) is 5.88. The minimum Gasteiger partial charge on any atom is -0.477 e. The number of rotatable bonds is 5. The Balaban J connectivity index is 1.68. The largest absolute Gasteiger partial charge is 0.477 e. The van der Waals surface area contributed by atoms with E-state index in [1.165, 1.54) is 6.20 Å². The van der Waals surface area contributed by atoms with Crippen LogP contribution in [0.1, 0.15) is 15.2 Å². The maximum absolute atomic E-state index is 10.8. The van der Waals surface area contributed by atoms with Crippen LogP contribution >= 0.6 is 11.3 Å². The highest BCUT2D eigenvalue weighted by Crippen LogP contribution is 2.19. The molecule has 0 aliphatic carbocycles. The number of nitrogens with one attached hydrogen (secondary N) is 1. The number of hydrogen-bond donors (Lipinski definition) is 2. The van der Waals surface area contributed by atoms with E-state index in [2.05, 4.69) is 21.4 Å². The average molecular weight is 299 g/mol. The molecule has 106 valence electrons. The maximum Gasteiger partial charge on any atom is 0.347 e. The van der Waals surface area contributed by atoms with Gasteiger partial charge in [-0.3, -0.25) is 4.98 Å². The Bertz CT molecular complexity index is 780. The Kier molecular flexibility index (Phi) is 3.79. The summed E-state index contributed by atoms with van der Waals surface area (Å²) >= 11 is 1.14. The van der Waals surface area contributed by atoms with Crippen LogP contribution in [-0.4, -0.2) is 27.6 Å². The van der Waals surface area contributed by atoms with E-state index in [1.54, 1.807) is 6.20 Å². The van der Waals surface area contributed by atoms with Crippen LogP contribution in [-0.2, 0) is 6.42 Å². The predicted molar refractivity (Wildman–Crippen MR) is 83.0 cm³/mol. The summed E-state index contributed by atoms with van der Waals surface area (Å²) in [5.74, 6) is -0.946. The molecule has 0 radical (unpaired) electrons. The fraction of sp³-hybridized carbons (Fsp3) is 0.133. The van der Waals surface area contributed by atoms with Crippen molar-refractivity contribution in [2.75, 3.05) is 11.9 Å². The first kappa shape index (κ1) is 13.5. The molecule has 0 bridgehead atoms. The first-order valence-electron chi connectivity index (χ1n) is 6.49. The molecular formula is C15H13N3O2S. The number of benzene rings is 1. The van der Waals surface area contributed by atoms with E-state index in [0.717, 1.165) is 34.2 Å². The molecule has 5 nitrogen and oxygen atoms in total. The van der Waals surface area contributed by atoms with E-state index in [-0.39, 0.29) is 4.88 Å². The van der Waals surface area contributed by atoms with Gasteiger partial charge in [-0.2, -0.15) is 0 Å². The van der Waals surface area contributed by atoms with Crippen LogP contribution in [0.3, 0.4) is 0 Å². The normalized spacial score (nSPS) is 10.7. The molecule has 0 amide bonds. The van der Waals surface area contributed by atoms with Crippen LogP contribution < -0.4 is 5.32 Å². The topological polar surface area (TPSA) is 75.1 Å². The van der Waals surface area contributed by atoms with Crippen molar-refractivity contribution in [2.45, 2.75) is 6.42 Å². The third-order valence-electron chi connectivity index (χ3n) is 3.10. The zero-order valence-electron chi connectivity index (χ0n) is 11.1. The fourth-order valence-corrected chi connectivity index (χ4v) is 2.81. The molecule has 3 rings (SSSR count). The molecule has 0 saturated carbocycles. The Morgan fingerprint density at radius 3 is 2.90 bits per heavy atom. The molecule has 0 aliphatic rings. The van der Waals surface area contributed by atoms with Crippen LogP contribution in [0.4, 0.5) is 5.13 Å². The van der Waals surface area contributed by atoms with Gasteiger partial charge in [0.1, 0.15) is 4.88 Å². The Labute approximate surface area is 125 Å². The van der Waals surface area contributed by atoms with Gasteiger partial charge in [0, 0.05) is 18.1 Å². The van der Waals surface area contributed by atoms with E-state index in [1.807, 2.05) is 24.3 Å². The van der Waals surface area contributed by atoms with Gasteiger partial charge in [0.05, 0.1) is 11.7 Å². The van der Waals surface area contributed by atoms with Gasteiger partial charge in [0.25, 0.3) is 0 Å². The minimum absolute atomic E-state index is 0.240. The standard InChI is InChI=1S/C15H13N3O2S/c19-14(20)12-9-18-15(21-12)17-8-6-11-4-1-3-10-5-2-7-16-13(10)11/h1-5,7,9H,6,8H2,(H,17,18)(H,19,20). The molecule has 3 aromatic rings. The number of fused-ring (bicyclic) bond motifs is 1. The van der Waals surface area contributed by atoms with Gasteiger partial charge in [-0.1, -0.05) is 35.6 Å². The van der Waals surface area contributed by atoms with Crippen molar-refractivity contribution >= 4 is 33.3 Å². The minimum atomic E-state index is -0.946. The van der Waals surface area contributed by atoms with E-state index >= 15 is 0 Å². The summed E-state index contributed by atoms with van der Waals surface area (Å²) in [6, 6.07) is 10.1. The molecule has 0 aliphatic heterocycles. The van der Waals surface area contributed by atoms with E-state index in [0.29, 0.717) is 11.7 Å². The number of nitrogens with zero attached hydrogens (tertiary/aromatic N) is 2. The SMILES string of the molecule is O=C(O)c1cnc(NCCc2cccc3cccnc23)s1. The van der Waals surface area contributed by atoms with Crippen molar-refractivity contribution in [3.8, 4) is 0 Å². The van der Waals surface area contributed by atoms with Gasteiger partial charge in [-0.15, -0.1) is 0 Å². The Hall–Kier alpha value is -2.47. The number of carboxylic acid groups (broad SMARTS) is 1.